The van der Waals surface area contributed by atoms with Crippen molar-refractivity contribution < 1.29 is 9.47 Å². The van der Waals surface area contributed by atoms with Crippen molar-refractivity contribution in [2.45, 2.75) is 44.8 Å². The van der Waals surface area contributed by atoms with Gasteiger partial charge in [-0.1, -0.05) is 66.9 Å². The van der Waals surface area contributed by atoms with E-state index in [1.807, 2.05) is 24.3 Å². The molecule has 0 unspecified atom stereocenters. The summed E-state index contributed by atoms with van der Waals surface area (Å²) < 4.78 is 12.3. The molecule has 1 heterocycles. The summed E-state index contributed by atoms with van der Waals surface area (Å²) in [6.45, 7) is 5.47. The van der Waals surface area contributed by atoms with Crippen LogP contribution in [-0.2, 0) is 9.47 Å². The van der Waals surface area contributed by atoms with Gasteiger partial charge in [0.05, 0.1) is 13.2 Å². The summed E-state index contributed by atoms with van der Waals surface area (Å²) >= 11 is 5.98. The van der Waals surface area contributed by atoms with Gasteiger partial charge in [0.25, 0.3) is 0 Å². The zero-order chi connectivity index (χ0) is 20.1. The van der Waals surface area contributed by atoms with Crippen LogP contribution in [0.25, 0.3) is 11.1 Å². The van der Waals surface area contributed by atoms with Crippen molar-refractivity contribution in [3.63, 3.8) is 0 Å². The van der Waals surface area contributed by atoms with E-state index in [0.717, 1.165) is 47.6 Å². The highest BCUT2D eigenvalue weighted by atomic mass is 35.5. The fourth-order valence-electron chi connectivity index (χ4n) is 4.76. The van der Waals surface area contributed by atoms with Gasteiger partial charge in [0.2, 0.25) is 0 Å². The first kappa shape index (κ1) is 20.7. The average Bonchev–Trinajstić information content (AvgIpc) is 2.79. The quantitative estimate of drug-likeness (QED) is 0.460. The van der Waals surface area contributed by atoms with E-state index < -0.39 is 0 Å². The maximum atomic E-state index is 6.13. The summed E-state index contributed by atoms with van der Waals surface area (Å²) in [4.78, 5) is 0. The molecule has 1 saturated heterocycles. The van der Waals surface area contributed by atoms with Crippen LogP contribution in [0, 0.1) is 17.8 Å². The summed E-state index contributed by atoms with van der Waals surface area (Å²) in [6.07, 6.45) is 9.62. The van der Waals surface area contributed by atoms with Crippen LogP contribution in [-0.4, -0.2) is 13.2 Å². The molecule has 0 amide bonds. The summed E-state index contributed by atoms with van der Waals surface area (Å²) in [5.74, 6) is 2.18. The van der Waals surface area contributed by atoms with Crippen molar-refractivity contribution in [1.29, 1.82) is 0 Å². The normalized spacial score (nSPS) is 27.5. The van der Waals surface area contributed by atoms with Crippen LogP contribution in [0.1, 0.15) is 50.4 Å². The van der Waals surface area contributed by atoms with Gasteiger partial charge in [-0.25, -0.2) is 0 Å². The molecule has 1 saturated carbocycles. The highest BCUT2D eigenvalue weighted by Gasteiger charge is 2.32. The van der Waals surface area contributed by atoms with Crippen LogP contribution in [0.15, 0.2) is 61.2 Å². The molecule has 1 aliphatic heterocycles. The summed E-state index contributed by atoms with van der Waals surface area (Å²) in [6, 6.07) is 16.4. The lowest BCUT2D eigenvalue weighted by Crippen LogP contribution is -2.34. The minimum atomic E-state index is -0.241. The molecule has 2 aliphatic rings. The number of halogens is 1. The smallest absolute Gasteiger partial charge is 0.183 e. The van der Waals surface area contributed by atoms with E-state index in [2.05, 4.69) is 36.9 Å². The molecule has 154 valence electrons. The molecule has 0 atom stereocenters. The first-order valence-electron chi connectivity index (χ1n) is 10.9. The largest absolute Gasteiger partial charge is 0.348 e. The first-order valence-corrected chi connectivity index (χ1v) is 11.3. The molecular formula is C26H31ClO2. The Bertz CT molecular complexity index is 767. The molecule has 0 spiro atoms. The molecule has 2 aromatic rings. The summed E-state index contributed by atoms with van der Waals surface area (Å²) in [5, 5.41) is 0.759. The van der Waals surface area contributed by atoms with E-state index in [1.165, 1.54) is 37.7 Å². The van der Waals surface area contributed by atoms with Crippen molar-refractivity contribution in [3.05, 3.63) is 71.8 Å². The third-order valence-corrected chi connectivity index (χ3v) is 6.87. The van der Waals surface area contributed by atoms with Crippen molar-refractivity contribution in [3.8, 4) is 11.1 Å². The lowest BCUT2D eigenvalue weighted by molar-refractivity contribution is -0.214. The second-order valence-corrected chi connectivity index (χ2v) is 8.97. The van der Waals surface area contributed by atoms with Crippen molar-refractivity contribution >= 4 is 11.6 Å². The molecule has 0 radical (unpaired) electrons. The Labute approximate surface area is 179 Å². The molecule has 3 heteroatoms. The summed E-state index contributed by atoms with van der Waals surface area (Å²) in [5.41, 5.74) is 3.43. The van der Waals surface area contributed by atoms with Gasteiger partial charge in [-0.2, -0.15) is 0 Å². The van der Waals surface area contributed by atoms with E-state index in [4.69, 9.17) is 21.1 Å². The van der Waals surface area contributed by atoms with Gasteiger partial charge < -0.3 is 9.47 Å². The van der Waals surface area contributed by atoms with Crippen molar-refractivity contribution in [2.24, 2.45) is 17.8 Å². The van der Waals surface area contributed by atoms with Gasteiger partial charge in [0, 0.05) is 16.5 Å². The Morgan fingerprint density at radius 3 is 2.00 bits per heavy atom. The van der Waals surface area contributed by atoms with E-state index in [1.54, 1.807) is 0 Å². The maximum Gasteiger partial charge on any atom is 0.183 e. The molecule has 2 aromatic carbocycles. The van der Waals surface area contributed by atoms with Crippen LogP contribution in [0.4, 0.5) is 0 Å². The minimum Gasteiger partial charge on any atom is -0.348 e. The number of benzene rings is 2. The van der Waals surface area contributed by atoms with Crippen molar-refractivity contribution in [2.75, 3.05) is 13.2 Å². The molecule has 0 N–H and O–H groups in total. The predicted octanol–water partition coefficient (Wildman–Crippen LogP) is 7.44. The van der Waals surface area contributed by atoms with Gasteiger partial charge in [-0.15, -0.1) is 6.58 Å². The molecule has 1 aliphatic carbocycles. The van der Waals surface area contributed by atoms with Crippen LogP contribution in [0.5, 0.6) is 0 Å². The second kappa shape index (κ2) is 9.93. The summed E-state index contributed by atoms with van der Waals surface area (Å²) in [7, 11) is 0. The molecule has 29 heavy (non-hydrogen) atoms. The first-order chi connectivity index (χ1) is 14.2. The number of ether oxygens (including phenoxy) is 2. The van der Waals surface area contributed by atoms with E-state index >= 15 is 0 Å². The van der Waals surface area contributed by atoms with Gasteiger partial charge >= 0.3 is 0 Å². The molecule has 0 aromatic heterocycles. The van der Waals surface area contributed by atoms with Gasteiger partial charge in [-0.05, 0) is 60.8 Å². The fraction of sp³-hybridized carbons (Fsp3) is 0.462. The zero-order valence-corrected chi connectivity index (χ0v) is 17.8. The third kappa shape index (κ3) is 5.31. The zero-order valence-electron chi connectivity index (χ0n) is 17.1. The van der Waals surface area contributed by atoms with E-state index in [0.29, 0.717) is 5.92 Å². The Hall–Kier alpha value is -1.61. The Morgan fingerprint density at radius 2 is 1.41 bits per heavy atom. The minimum absolute atomic E-state index is 0.241. The van der Waals surface area contributed by atoms with Gasteiger partial charge in [-0.3, -0.25) is 0 Å². The van der Waals surface area contributed by atoms with Crippen LogP contribution in [0.3, 0.4) is 0 Å². The molecule has 4 rings (SSSR count). The number of rotatable bonds is 6. The number of hydrogen-bond donors (Lipinski definition) is 0. The number of hydrogen-bond acceptors (Lipinski definition) is 2. The predicted molar refractivity (Wildman–Crippen MR) is 120 cm³/mol. The van der Waals surface area contributed by atoms with E-state index in [9.17, 15) is 0 Å². The fourth-order valence-corrected chi connectivity index (χ4v) is 4.89. The van der Waals surface area contributed by atoms with Crippen LogP contribution >= 0.6 is 11.6 Å². The Balaban J connectivity index is 1.27. The van der Waals surface area contributed by atoms with Crippen LogP contribution < -0.4 is 0 Å². The van der Waals surface area contributed by atoms with Gasteiger partial charge in [0.1, 0.15) is 0 Å². The van der Waals surface area contributed by atoms with E-state index in [-0.39, 0.29) is 6.29 Å². The highest BCUT2D eigenvalue weighted by molar-refractivity contribution is 6.30. The SMILES string of the molecule is C=CCCC1CCC(C2COC(c3ccc(-c4ccc(Cl)cc4)cc3)OC2)CC1. The maximum absolute atomic E-state index is 6.13. The average molecular weight is 411 g/mol. The molecule has 0 bridgehead atoms. The Kier molecular flexibility index (Phi) is 7.07. The van der Waals surface area contributed by atoms with Crippen molar-refractivity contribution in [1.82, 2.24) is 0 Å². The third-order valence-electron chi connectivity index (χ3n) is 6.62. The molecule has 2 nitrogen and oxygen atoms in total. The molecule has 2 fully saturated rings. The second-order valence-electron chi connectivity index (χ2n) is 8.53. The highest BCUT2D eigenvalue weighted by Crippen LogP contribution is 2.38. The lowest BCUT2D eigenvalue weighted by atomic mass is 9.75. The molecular weight excluding hydrogens is 380 g/mol. The number of allylic oxidation sites excluding steroid dienone is 1. The van der Waals surface area contributed by atoms with Gasteiger partial charge in [0.15, 0.2) is 6.29 Å². The lowest BCUT2D eigenvalue weighted by Gasteiger charge is -2.37. The Morgan fingerprint density at radius 1 is 0.828 bits per heavy atom. The standard InChI is InChI=1S/C26H31ClO2/c1-2-3-4-19-5-7-22(8-6-19)24-17-28-26(29-18-24)23-11-9-20(10-12-23)21-13-15-25(27)16-14-21/h2,9-16,19,22,24,26H,1,3-8,17-18H2. The monoisotopic (exact) mass is 410 g/mol. The van der Waals surface area contributed by atoms with Crippen LogP contribution in [0.2, 0.25) is 5.02 Å². The topological polar surface area (TPSA) is 18.5 Å².